The number of aliphatic hydroxyl groups excluding tert-OH is 1. The molecule has 0 aliphatic carbocycles. The second-order valence-electron chi connectivity index (χ2n) is 13.5. The fourth-order valence-corrected chi connectivity index (χ4v) is 5.63. The highest BCUT2D eigenvalue weighted by Gasteiger charge is 2.42. The Bertz CT molecular complexity index is 1660. The van der Waals surface area contributed by atoms with E-state index in [0.717, 1.165) is 10.5 Å². The minimum Gasteiger partial charge on any atom is -0.496 e. The lowest BCUT2D eigenvalue weighted by molar-refractivity contribution is 0.0426. The van der Waals surface area contributed by atoms with Gasteiger partial charge in [-0.3, -0.25) is 9.36 Å². The van der Waals surface area contributed by atoms with Crippen molar-refractivity contribution in [3.63, 3.8) is 0 Å². The molecule has 47 heavy (non-hydrogen) atoms. The Morgan fingerprint density at radius 3 is 2.02 bits per heavy atom. The number of carbonyl (C=O) groups excluding carboxylic acids is 3. The lowest BCUT2D eigenvalue weighted by Crippen LogP contribution is -2.46. The number of pyridine rings is 1. The largest absolute Gasteiger partial charge is 0.496 e. The van der Waals surface area contributed by atoms with Gasteiger partial charge >= 0.3 is 12.2 Å². The van der Waals surface area contributed by atoms with Crippen LogP contribution in [0.3, 0.4) is 0 Å². The molecule has 0 saturated carbocycles. The van der Waals surface area contributed by atoms with E-state index in [1.165, 1.54) is 26.2 Å². The summed E-state index contributed by atoms with van der Waals surface area (Å²) in [5, 5.41) is 10.8. The number of benzene rings is 1. The number of rotatable bonds is 6. The van der Waals surface area contributed by atoms with E-state index in [2.05, 4.69) is 0 Å². The lowest BCUT2D eigenvalue weighted by atomic mass is 10.1. The fraction of sp³-hybridized carbons (Fsp3) is 0.529. The molecule has 1 atom stereocenters. The smallest absolute Gasteiger partial charge is 0.425 e. The second-order valence-corrected chi connectivity index (χ2v) is 13.5. The number of aliphatic hydroxyl groups is 1. The van der Waals surface area contributed by atoms with Crippen molar-refractivity contribution in [3.8, 4) is 23.1 Å². The van der Waals surface area contributed by atoms with Crippen molar-refractivity contribution < 1.29 is 43.2 Å². The molecule has 0 unspecified atom stereocenters. The summed E-state index contributed by atoms with van der Waals surface area (Å²) < 4.78 is 29.9. The number of amides is 3. The van der Waals surface area contributed by atoms with Gasteiger partial charge in [-0.25, -0.2) is 9.59 Å². The van der Waals surface area contributed by atoms with Gasteiger partial charge in [0, 0.05) is 24.0 Å². The standard InChI is InChI=1S/C34H46N4O9/c1-19-14-15-23(43-9)20(2)26(19)37-27-22(17-24(44-10)28(35-27)45-11)25(30(40)36-16-12-13-21(39)18-36)29(37)38(31(41)46-33(3,4)5)32(42)47-34(6,7)8/h14-15,17,21,39H,12-13,16,18H2,1-11H3/t21-/m1/s1. The number of hydrogen-bond donors (Lipinski definition) is 1. The third kappa shape index (κ3) is 7.24. The molecule has 0 radical (unpaired) electrons. The molecule has 13 heteroatoms. The molecule has 1 saturated heterocycles. The molecule has 3 aromatic rings. The molecule has 1 aliphatic heterocycles. The Hall–Kier alpha value is -4.52. The molecular weight excluding hydrogens is 608 g/mol. The van der Waals surface area contributed by atoms with Gasteiger partial charge in [0.25, 0.3) is 11.8 Å². The van der Waals surface area contributed by atoms with Crippen LogP contribution >= 0.6 is 0 Å². The van der Waals surface area contributed by atoms with Gasteiger partial charge in [0.1, 0.15) is 22.8 Å². The minimum absolute atomic E-state index is 0.0408. The van der Waals surface area contributed by atoms with Crippen LogP contribution in [0.2, 0.25) is 0 Å². The van der Waals surface area contributed by atoms with Gasteiger partial charge in [-0.2, -0.15) is 9.88 Å². The predicted octanol–water partition coefficient (Wildman–Crippen LogP) is 5.94. The van der Waals surface area contributed by atoms with E-state index in [9.17, 15) is 19.5 Å². The van der Waals surface area contributed by atoms with E-state index >= 15 is 0 Å². The van der Waals surface area contributed by atoms with Crippen LogP contribution in [0.4, 0.5) is 15.4 Å². The van der Waals surface area contributed by atoms with Gasteiger partial charge in [0.15, 0.2) is 11.4 Å². The number of carbonyl (C=O) groups is 3. The SMILES string of the molecule is COc1cc2c(C(=O)N3CCC[C@@H](O)C3)c(N(C(=O)OC(C)(C)C)C(=O)OC(C)(C)C)n(-c3c(C)ccc(OC)c3C)c2nc1OC. The average Bonchev–Trinajstić information content (AvgIpc) is 3.27. The number of aryl methyl sites for hydroxylation is 1. The number of fused-ring (bicyclic) bond motifs is 1. The van der Waals surface area contributed by atoms with Gasteiger partial charge in [-0.1, -0.05) is 6.07 Å². The molecule has 0 spiro atoms. The minimum atomic E-state index is -1.07. The molecule has 3 amide bonds. The summed E-state index contributed by atoms with van der Waals surface area (Å²) in [6.45, 7) is 14.1. The number of ether oxygens (including phenoxy) is 5. The van der Waals surface area contributed by atoms with E-state index in [1.54, 1.807) is 58.2 Å². The Labute approximate surface area is 275 Å². The number of piperidine rings is 1. The van der Waals surface area contributed by atoms with Crippen molar-refractivity contribution >= 4 is 34.9 Å². The van der Waals surface area contributed by atoms with Gasteiger partial charge < -0.3 is 33.7 Å². The topological polar surface area (TPSA) is 142 Å². The van der Waals surface area contributed by atoms with Crippen molar-refractivity contribution in [1.29, 1.82) is 0 Å². The summed E-state index contributed by atoms with van der Waals surface area (Å²) in [4.78, 5) is 50.2. The molecular formula is C34H46N4O9. The van der Waals surface area contributed by atoms with Crippen molar-refractivity contribution in [2.24, 2.45) is 0 Å². The lowest BCUT2D eigenvalue weighted by Gasteiger charge is -2.32. The van der Waals surface area contributed by atoms with E-state index in [0.29, 0.717) is 36.4 Å². The van der Waals surface area contributed by atoms with Crippen LogP contribution in [-0.2, 0) is 9.47 Å². The summed E-state index contributed by atoms with van der Waals surface area (Å²) in [6, 6.07) is 5.21. The number of hydrogen-bond acceptors (Lipinski definition) is 10. The highest BCUT2D eigenvalue weighted by Crippen LogP contribution is 2.43. The number of methoxy groups -OCH3 is 3. The molecule has 3 heterocycles. The number of nitrogens with zero attached hydrogens (tertiary/aromatic N) is 4. The summed E-state index contributed by atoms with van der Waals surface area (Å²) in [5.41, 5.74) is -0.0411. The normalized spacial score (nSPS) is 15.3. The Kier molecular flexibility index (Phi) is 10.0. The maximum atomic E-state index is 14.7. The number of imide groups is 1. The molecule has 1 aliphatic rings. The quantitative estimate of drug-likeness (QED) is 0.339. The summed E-state index contributed by atoms with van der Waals surface area (Å²) in [6.07, 6.45) is -1.78. The molecule has 0 bridgehead atoms. The number of aromatic nitrogens is 2. The third-order valence-corrected chi connectivity index (χ3v) is 7.55. The molecule has 1 fully saturated rings. The molecule has 2 aromatic heterocycles. The van der Waals surface area contributed by atoms with E-state index in [1.807, 2.05) is 19.9 Å². The second kappa shape index (κ2) is 13.3. The van der Waals surface area contributed by atoms with Gasteiger partial charge in [-0.05, 0) is 85.9 Å². The van der Waals surface area contributed by atoms with Crippen LogP contribution in [0.5, 0.6) is 17.4 Å². The highest BCUT2D eigenvalue weighted by molar-refractivity contribution is 6.20. The Balaban J connectivity index is 2.27. The maximum Gasteiger partial charge on any atom is 0.425 e. The predicted molar refractivity (Wildman–Crippen MR) is 176 cm³/mol. The molecule has 1 N–H and O–H groups in total. The van der Waals surface area contributed by atoms with E-state index in [4.69, 9.17) is 28.7 Å². The maximum absolute atomic E-state index is 14.7. The summed E-state index contributed by atoms with van der Waals surface area (Å²) >= 11 is 0. The summed E-state index contributed by atoms with van der Waals surface area (Å²) in [7, 11) is 4.41. The first kappa shape index (κ1) is 35.3. The Morgan fingerprint density at radius 1 is 0.915 bits per heavy atom. The number of β-amino-alcohol motifs (C(OH)–C–C–N with tert-alkyl or cyclic N) is 1. The zero-order valence-corrected chi connectivity index (χ0v) is 29.1. The van der Waals surface area contributed by atoms with Gasteiger partial charge in [0.05, 0.1) is 38.7 Å². The monoisotopic (exact) mass is 654 g/mol. The zero-order valence-electron chi connectivity index (χ0n) is 29.1. The fourth-order valence-electron chi connectivity index (χ4n) is 5.63. The van der Waals surface area contributed by atoms with Crippen LogP contribution in [-0.4, -0.2) is 89.4 Å². The van der Waals surface area contributed by atoms with Crippen molar-refractivity contribution in [2.75, 3.05) is 39.3 Å². The number of anilines is 1. The zero-order chi connectivity index (χ0) is 35.0. The molecule has 4 rings (SSSR count). The van der Waals surface area contributed by atoms with Crippen LogP contribution < -0.4 is 19.1 Å². The van der Waals surface area contributed by atoms with Crippen LogP contribution in [0.25, 0.3) is 16.7 Å². The van der Waals surface area contributed by atoms with Crippen molar-refractivity contribution in [3.05, 3.63) is 34.9 Å². The van der Waals surface area contributed by atoms with Gasteiger partial charge in [-0.15, -0.1) is 0 Å². The number of likely N-dealkylation sites (tertiary alicyclic amines) is 1. The summed E-state index contributed by atoms with van der Waals surface area (Å²) in [5.74, 6) is 0.156. The third-order valence-electron chi connectivity index (χ3n) is 7.55. The van der Waals surface area contributed by atoms with E-state index < -0.39 is 35.4 Å². The molecule has 13 nitrogen and oxygen atoms in total. The van der Waals surface area contributed by atoms with Crippen molar-refractivity contribution in [1.82, 2.24) is 14.5 Å². The van der Waals surface area contributed by atoms with Crippen molar-refractivity contribution in [2.45, 2.75) is 85.5 Å². The first-order valence-electron chi connectivity index (χ1n) is 15.5. The first-order chi connectivity index (χ1) is 21.9. The highest BCUT2D eigenvalue weighted by atomic mass is 16.6. The van der Waals surface area contributed by atoms with Gasteiger partial charge in [0.2, 0.25) is 0 Å². The van der Waals surface area contributed by atoms with Crippen LogP contribution in [0, 0.1) is 13.8 Å². The van der Waals surface area contributed by atoms with E-state index in [-0.39, 0.29) is 40.6 Å². The van der Waals surface area contributed by atoms with Crippen LogP contribution in [0.15, 0.2) is 18.2 Å². The first-order valence-corrected chi connectivity index (χ1v) is 15.5. The molecule has 256 valence electrons. The average molecular weight is 655 g/mol. The van der Waals surface area contributed by atoms with Crippen LogP contribution in [0.1, 0.15) is 75.9 Å². The Morgan fingerprint density at radius 2 is 1.51 bits per heavy atom. The molecule has 1 aromatic carbocycles.